The Morgan fingerprint density at radius 3 is 1.60 bits per heavy atom. The predicted octanol–water partition coefficient (Wildman–Crippen LogP) is 15.0. The van der Waals surface area contributed by atoms with Gasteiger partial charge in [0.2, 0.25) is 0 Å². The fraction of sp³-hybridized carbons (Fsp3) is 0. The summed E-state index contributed by atoms with van der Waals surface area (Å²) in [4.78, 5) is 4.79. The third-order valence-corrected chi connectivity index (χ3v) is 11.3. The Bertz CT molecular complexity index is 2860. The molecule has 10 aromatic rings. The number of benzene rings is 9. The number of para-hydroxylation sites is 4. The Morgan fingerprint density at radius 1 is 0.302 bits per heavy atom. The van der Waals surface area contributed by atoms with Crippen molar-refractivity contribution in [1.29, 1.82) is 0 Å². The van der Waals surface area contributed by atoms with Gasteiger partial charge in [-0.1, -0.05) is 133 Å². The molecule has 250 valence electrons. The molecule has 0 atom stereocenters. The summed E-state index contributed by atoms with van der Waals surface area (Å²) in [5, 5.41) is 7.51. The summed E-state index contributed by atoms with van der Waals surface area (Å²) < 4.78 is 2.59. The van der Waals surface area contributed by atoms with Crippen LogP contribution < -0.4 is 9.80 Å². The van der Waals surface area contributed by atoms with Crippen molar-refractivity contribution >= 4 is 87.2 Å². The average molecular weight is 695 g/mol. The van der Waals surface area contributed by atoms with Crippen molar-refractivity contribution in [3.8, 4) is 11.1 Å². The lowest BCUT2D eigenvalue weighted by Crippen LogP contribution is -2.12. The SMILES string of the molecule is c1ccc(N(c2cc(-c3ccccc3N(c3ccccc3)c3ccccc3)c3c(ccc4ccccc43)c2)c2ccc3c(c2)sc2ccccc23)cc1. The molecule has 1 aromatic heterocycles. The zero-order chi connectivity index (χ0) is 35.1. The lowest BCUT2D eigenvalue weighted by molar-refractivity contribution is 1.28. The van der Waals surface area contributed by atoms with Crippen LogP contribution in [0.4, 0.5) is 34.1 Å². The van der Waals surface area contributed by atoms with Crippen LogP contribution in [0.3, 0.4) is 0 Å². The summed E-state index contributed by atoms with van der Waals surface area (Å²) >= 11 is 1.86. The molecule has 10 rings (SSSR count). The van der Waals surface area contributed by atoms with Gasteiger partial charge in [0.1, 0.15) is 0 Å². The van der Waals surface area contributed by atoms with Gasteiger partial charge in [-0.05, 0) is 99.9 Å². The van der Waals surface area contributed by atoms with Crippen molar-refractivity contribution in [3.05, 3.63) is 206 Å². The monoisotopic (exact) mass is 694 g/mol. The van der Waals surface area contributed by atoms with Crippen molar-refractivity contribution < 1.29 is 0 Å². The second-order valence-electron chi connectivity index (χ2n) is 13.4. The van der Waals surface area contributed by atoms with Gasteiger partial charge >= 0.3 is 0 Å². The van der Waals surface area contributed by atoms with Crippen molar-refractivity contribution in [2.45, 2.75) is 0 Å². The van der Waals surface area contributed by atoms with Crippen molar-refractivity contribution in [1.82, 2.24) is 0 Å². The van der Waals surface area contributed by atoms with Gasteiger partial charge in [-0.3, -0.25) is 0 Å². The minimum Gasteiger partial charge on any atom is -0.310 e. The fourth-order valence-corrected chi connectivity index (χ4v) is 8.97. The van der Waals surface area contributed by atoms with Gasteiger partial charge in [0.25, 0.3) is 0 Å². The molecule has 0 spiro atoms. The maximum atomic E-state index is 2.41. The summed E-state index contributed by atoms with van der Waals surface area (Å²) in [6.45, 7) is 0. The summed E-state index contributed by atoms with van der Waals surface area (Å²) in [7, 11) is 0. The van der Waals surface area contributed by atoms with E-state index in [4.69, 9.17) is 0 Å². The zero-order valence-corrected chi connectivity index (χ0v) is 29.7. The molecule has 0 amide bonds. The van der Waals surface area contributed by atoms with Crippen molar-refractivity contribution in [2.75, 3.05) is 9.80 Å². The maximum absolute atomic E-state index is 2.41. The maximum Gasteiger partial charge on any atom is 0.0540 e. The molecule has 3 heteroatoms. The van der Waals surface area contributed by atoms with Gasteiger partial charge in [-0.25, -0.2) is 0 Å². The topological polar surface area (TPSA) is 6.48 Å². The Kier molecular flexibility index (Phi) is 7.71. The highest BCUT2D eigenvalue weighted by molar-refractivity contribution is 7.25. The molecule has 0 bridgehead atoms. The van der Waals surface area contributed by atoms with Gasteiger partial charge in [0.15, 0.2) is 0 Å². The molecule has 0 aliphatic rings. The van der Waals surface area contributed by atoms with Crippen LogP contribution in [0.1, 0.15) is 0 Å². The first-order chi connectivity index (χ1) is 26.3. The number of hydrogen-bond donors (Lipinski definition) is 0. The Labute approximate surface area is 313 Å². The van der Waals surface area contributed by atoms with Gasteiger partial charge in [-0.2, -0.15) is 0 Å². The summed E-state index contributed by atoms with van der Waals surface area (Å²) in [5.74, 6) is 0. The minimum absolute atomic E-state index is 1.11. The van der Waals surface area contributed by atoms with Gasteiger partial charge < -0.3 is 9.80 Å². The lowest BCUT2D eigenvalue weighted by atomic mass is 9.91. The molecule has 0 aliphatic heterocycles. The number of hydrogen-bond acceptors (Lipinski definition) is 3. The molecule has 53 heavy (non-hydrogen) atoms. The highest BCUT2D eigenvalue weighted by atomic mass is 32.1. The highest BCUT2D eigenvalue weighted by Crippen LogP contribution is 2.48. The normalized spacial score (nSPS) is 11.4. The van der Waals surface area contributed by atoms with E-state index in [1.165, 1.54) is 47.3 Å². The molecule has 0 aliphatic carbocycles. The zero-order valence-electron chi connectivity index (χ0n) is 28.9. The van der Waals surface area contributed by atoms with E-state index in [1.54, 1.807) is 0 Å². The minimum atomic E-state index is 1.11. The second-order valence-corrected chi connectivity index (χ2v) is 14.4. The predicted molar refractivity (Wildman–Crippen MR) is 229 cm³/mol. The molecule has 1 heterocycles. The van der Waals surface area contributed by atoms with Crippen LogP contribution in [0.5, 0.6) is 0 Å². The first kappa shape index (κ1) is 31.1. The van der Waals surface area contributed by atoms with E-state index >= 15 is 0 Å². The molecule has 0 unspecified atom stereocenters. The van der Waals surface area contributed by atoms with E-state index in [0.29, 0.717) is 0 Å². The quantitative estimate of drug-likeness (QED) is 0.153. The first-order valence-electron chi connectivity index (χ1n) is 18.0. The van der Waals surface area contributed by atoms with Crippen LogP contribution in [0.15, 0.2) is 206 Å². The van der Waals surface area contributed by atoms with E-state index < -0.39 is 0 Å². The standard InChI is InChI=1S/C50H34N2S/c1-4-17-37(18-5-1)51(40-30-31-45-44-25-13-15-27-48(44)53-49(45)34-40)41-32-36-29-28-35-16-10-11-23-42(35)50(36)46(33-41)43-24-12-14-26-47(43)52(38-19-6-2-7-20-38)39-21-8-3-9-22-39/h1-34H. The molecule has 0 fully saturated rings. The van der Waals surface area contributed by atoms with E-state index in [0.717, 1.165) is 39.7 Å². The number of nitrogens with zero attached hydrogens (tertiary/aromatic N) is 2. The van der Waals surface area contributed by atoms with Gasteiger partial charge in [0, 0.05) is 54.2 Å². The lowest BCUT2D eigenvalue weighted by Gasteiger charge is -2.30. The van der Waals surface area contributed by atoms with Crippen molar-refractivity contribution in [3.63, 3.8) is 0 Å². The van der Waals surface area contributed by atoms with E-state index in [9.17, 15) is 0 Å². The molecule has 0 saturated carbocycles. The molecular weight excluding hydrogens is 661 g/mol. The fourth-order valence-electron chi connectivity index (χ4n) is 7.83. The van der Waals surface area contributed by atoms with Crippen molar-refractivity contribution in [2.24, 2.45) is 0 Å². The Morgan fingerprint density at radius 2 is 0.868 bits per heavy atom. The molecule has 0 saturated heterocycles. The molecule has 0 radical (unpaired) electrons. The van der Waals surface area contributed by atoms with Gasteiger partial charge in [0.05, 0.1) is 5.69 Å². The van der Waals surface area contributed by atoms with E-state index in [2.05, 4.69) is 216 Å². The Balaban J connectivity index is 1.26. The molecule has 2 nitrogen and oxygen atoms in total. The third-order valence-electron chi connectivity index (χ3n) is 10.2. The van der Waals surface area contributed by atoms with Crippen LogP contribution in [0.25, 0.3) is 52.8 Å². The Hall–Kier alpha value is -6.68. The van der Waals surface area contributed by atoms with E-state index in [-0.39, 0.29) is 0 Å². The average Bonchev–Trinajstić information content (AvgIpc) is 3.60. The number of rotatable bonds is 7. The summed E-state index contributed by atoms with van der Waals surface area (Å²) in [6.07, 6.45) is 0. The number of anilines is 6. The molecule has 9 aromatic carbocycles. The molecular formula is C50H34N2S. The van der Waals surface area contributed by atoms with Crippen LogP contribution in [-0.2, 0) is 0 Å². The number of fused-ring (bicyclic) bond motifs is 6. The van der Waals surface area contributed by atoms with Gasteiger partial charge in [-0.15, -0.1) is 11.3 Å². The first-order valence-corrected chi connectivity index (χ1v) is 18.8. The third kappa shape index (κ3) is 5.50. The molecule has 0 N–H and O–H groups in total. The number of thiophene rings is 1. The summed E-state index contributed by atoms with van der Waals surface area (Å²) in [5.41, 5.74) is 9.04. The smallest absolute Gasteiger partial charge is 0.0540 e. The van der Waals surface area contributed by atoms with Crippen LogP contribution >= 0.6 is 11.3 Å². The van der Waals surface area contributed by atoms with Crippen LogP contribution in [-0.4, -0.2) is 0 Å². The largest absolute Gasteiger partial charge is 0.310 e. The van der Waals surface area contributed by atoms with Crippen LogP contribution in [0, 0.1) is 0 Å². The summed E-state index contributed by atoms with van der Waals surface area (Å²) in [6, 6.07) is 74.7. The van der Waals surface area contributed by atoms with Crippen LogP contribution in [0.2, 0.25) is 0 Å². The second kappa shape index (κ2) is 13.1. The highest BCUT2D eigenvalue weighted by Gasteiger charge is 2.22. The van der Waals surface area contributed by atoms with E-state index in [1.807, 2.05) is 11.3 Å².